The molecule has 6 nitrogen and oxygen atoms in total. The van der Waals surface area contributed by atoms with Crippen molar-refractivity contribution in [2.75, 3.05) is 0 Å². The van der Waals surface area contributed by atoms with Crippen LogP contribution in [0.3, 0.4) is 0 Å². The molecule has 0 saturated heterocycles. The van der Waals surface area contributed by atoms with Crippen LogP contribution in [0.25, 0.3) is 11.2 Å². The number of nitrogens with one attached hydrogen (secondary N) is 1. The number of aryl methyl sites for hydroxylation is 2. The Balaban J connectivity index is 1.40. The van der Waals surface area contributed by atoms with Crippen LogP contribution >= 0.6 is 0 Å². The van der Waals surface area contributed by atoms with Gasteiger partial charge in [-0.05, 0) is 29.7 Å². The van der Waals surface area contributed by atoms with Gasteiger partial charge in [0.25, 0.3) is 0 Å². The van der Waals surface area contributed by atoms with E-state index < -0.39 is 0 Å². The van der Waals surface area contributed by atoms with E-state index in [-0.39, 0.29) is 11.4 Å². The van der Waals surface area contributed by atoms with Crippen LogP contribution in [-0.4, -0.2) is 19.6 Å². The van der Waals surface area contributed by atoms with Gasteiger partial charge < -0.3 is 14.8 Å². The smallest absolute Gasteiger partial charge is 0.327 e. The first kappa shape index (κ1) is 16.9. The molecule has 0 amide bonds. The first-order valence-electron chi connectivity index (χ1n) is 8.72. The number of rotatable bonds is 6. The van der Waals surface area contributed by atoms with Gasteiger partial charge in [0.05, 0.1) is 11.7 Å². The SMILES string of the molecule is O=c1[nH]c2cc(O)cnc2n1CCc1ccc(OCc2ccccc2)cc1. The van der Waals surface area contributed by atoms with Gasteiger partial charge >= 0.3 is 5.69 Å². The van der Waals surface area contributed by atoms with Gasteiger partial charge in [-0.25, -0.2) is 9.78 Å². The Hall–Kier alpha value is -3.54. The number of aromatic amines is 1. The number of H-pyrrole nitrogens is 1. The minimum atomic E-state index is -0.231. The molecule has 0 radical (unpaired) electrons. The number of hydrogen-bond donors (Lipinski definition) is 2. The molecule has 27 heavy (non-hydrogen) atoms. The number of benzene rings is 2. The summed E-state index contributed by atoms with van der Waals surface area (Å²) in [5.41, 5.74) is 3.07. The van der Waals surface area contributed by atoms with Crippen molar-refractivity contribution < 1.29 is 9.84 Å². The largest absolute Gasteiger partial charge is 0.506 e. The molecule has 0 aliphatic heterocycles. The van der Waals surface area contributed by atoms with Crippen LogP contribution in [0.4, 0.5) is 0 Å². The lowest BCUT2D eigenvalue weighted by Gasteiger charge is -2.08. The second-order valence-electron chi connectivity index (χ2n) is 6.31. The summed E-state index contributed by atoms with van der Waals surface area (Å²) in [7, 11) is 0. The molecule has 0 bridgehead atoms. The molecule has 2 aromatic heterocycles. The summed E-state index contributed by atoms with van der Waals surface area (Å²) in [6.45, 7) is 1.03. The molecule has 0 atom stereocenters. The van der Waals surface area contributed by atoms with E-state index in [2.05, 4.69) is 9.97 Å². The molecular formula is C21H19N3O3. The average molecular weight is 361 g/mol. The highest BCUT2D eigenvalue weighted by Crippen LogP contribution is 2.17. The van der Waals surface area contributed by atoms with Gasteiger partial charge in [0.15, 0.2) is 5.65 Å². The number of hydrogen-bond acceptors (Lipinski definition) is 4. The molecule has 2 heterocycles. The maximum atomic E-state index is 12.1. The molecule has 0 unspecified atom stereocenters. The van der Waals surface area contributed by atoms with Gasteiger partial charge in [0.2, 0.25) is 0 Å². The number of nitrogens with zero attached hydrogens (tertiary/aromatic N) is 2. The van der Waals surface area contributed by atoms with E-state index in [1.807, 2.05) is 54.6 Å². The van der Waals surface area contributed by atoms with Crippen LogP contribution in [0.2, 0.25) is 0 Å². The lowest BCUT2D eigenvalue weighted by Crippen LogP contribution is -2.18. The van der Waals surface area contributed by atoms with Gasteiger partial charge in [-0.2, -0.15) is 0 Å². The van der Waals surface area contributed by atoms with E-state index in [1.54, 1.807) is 4.57 Å². The number of fused-ring (bicyclic) bond motifs is 1. The Morgan fingerprint density at radius 2 is 1.81 bits per heavy atom. The molecule has 2 N–H and O–H groups in total. The monoisotopic (exact) mass is 361 g/mol. The minimum Gasteiger partial charge on any atom is -0.506 e. The van der Waals surface area contributed by atoms with Crippen molar-refractivity contribution in [3.63, 3.8) is 0 Å². The lowest BCUT2D eigenvalue weighted by molar-refractivity contribution is 0.306. The zero-order chi connectivity index (χ0) is 18.6. The van der Waals surface area contributed by atoms with Crippen LogP contribution in [0, 0.1) is 0 Å². The summed E-state index contributed by atoms with van der Waals surface area (Å²) in [5, 5.41) is 9.48. The predicted octanol–water partition coefficient (Wildman–Crippen LogP) is 3.25. The van der Waals surface area contributed by atoms with Crippen LogP contribution in [0.1, 0.15) is 11.1 Å². The fraction of sp³-hybridized carbons (Fsp3) is 0.143. The van der Waals surface area contributed by atoms with E-state index in [0.717, 1.165) is 16.9 Å². The minimum absolute atomic E-state index is 0.0296. The van der Waals surface area contributed by atoms with Crippen molar-refractivity contribution in [3.05, 3.63) is 88.5 Å². The molecule has 6 heteroatoms. The first-order chi connectivity index (χ1) is 13.2. The highest BCUT2D eigenvalue weighted by Gasteiger charge is 2.09. The molecule has 4 aromatic rings. The third kappa shape index (κ3) is 3.84. The van der Waals surface area contributed by atoms with Gasteiger partial charge in [0.1, 0.15) is 18.1 Å². The maximum absolute atomic E-state index is 12.1. The van der Waals surface area contributed by atoms with E-state index >= 15 is 0 Å². The summed E-state index contributed by atoms with van der Waals surface area (Å²) in [5.74, 6) is 0.839. The van der Waals surface area contributed by atoms with E-state index in [1.165, 1.54) is 12.3 Å². The van der Waals surface area contributed by atoms with Crippen molar-refractivity contribution in [1.29, 1.82) is 0 Å². The number of aromatic nitrogens is 3. The Bertz CT molecular complexity index is 1100. The average Bonchev–Trinajstić information content (AvgIpc) is 3.00. The second-order valence-corrected chi connectivity index (χ2v) is 6.31. The van der Waals surface area contributed by atoms with E-state index in [9.17, 15) is 9.90 Å². The van der Waals surface area contributed by atoms with Crippen molar-refractivity contribution >= 4 is 11.2 Å². The summed E-state index contributed by atoms with van der Waals surface area (Å²) in [6.07, 6.45) is 2.03. The first-order valence-corrected chi connectivity index (χ1v) is 8.72. The van der Waals surface area contributed by atoms with E-state index in [4.69, 9.17) is 4.74 Å². The molecule has 4 rings (SSSR count). The third-order valence-corrected chi connectivity index (χ3v) is 4.39. The van der Waals surface area contributed by atoms with E-state index in [0.29, 0.717) is 30.7 Å². The van der Waals surface area contributed by atoms with Crippen molar-refractivity contribution in [1.82, 2.24) is 14.5 Å². The summed E-state index contributed by atoms with van der Waals surface area (Å²) >= 11 is 0. The molecule has 0 aliphatic carbocycles. The molecule has 0 spiro atoms. The summed E-state index contributed by atoms with van der Waals surface area (Å²) in [6, 6.07) is 19.4. The highest BCUT2D eigenvalue weighted by molar-refractivity contribution is 5.71. The fourth-order valence-corrected chi connectivity index (χ4v) is 2.97. The van der Waals surface area contributed by atoms with Crippen LogP contribution in [0.5, 0.6) is 11.5 Å². The molecule has 136 valence electrons. The molecule has 0 fully saturated rings. The number of aromatic hydroxyl groups is 1. The van der Waals surface area contributed by atoms with Crippen molar-refractivity contribution in [2.24, 2.45) is 0 Å². The normalized spacial score (nSPS) is 11.0. The van der Waals surface area contributed by atoms with Crippen molar-refractivity contribution in [3.8, 4) is 11.5 Å². The zero-order valence-electron chi connectivity index (χ0n) is 14.6. The standard InChI is InChI=1S/C21H19N3O3/c25-17-12-19-20(22-13-17)24(21(26)23-19)11-10-15-6-8-18(9-7-15)27-14-16-4-2-1-3-5-16/h1-9,12-13,25H,10-11,14H2,(H,23,26). The van der Waals surface area contributed by atoms with Gasteiger partial charge in [-0.1, -0.05) is 42.5 Å². The number of pyridine rings is 1. The third-order valence-electron chi connectivity index (χ3n) is 4.39. The van der Waals surface area contributed by atoms with Crippen LogP contribution in [-0.2, 0) is 19.6 Å². The van der Waals surface area contributed by atoms with Gasteiger partial charge in [-0.15, -0.1) is 0 Å². The van der Waals surface area contributed by atoms with Crippen LogP contribution < -0.4 is 10.4 Å². The fourth-order valence-electron chi connectivity index (χ4n) is 2.97. The Labute approximate surface area is 155 Å². The topological polar surface area (TPSA) is 80.1 Å². The van der Waals surface area contributed by atoms with Crippen LogP contribution in [0.15, 0.2) is 71.7 Å². The molecule has 0 aliphatic rings. The Morgan fingerprint density at radius 1 is 1.04 bits per heavy atom. The van der Waals surface area contributed by atoms with Gasteiger partial charge in [-0.3, -0.25) is 4.57 Å². The molecule has 0 saturated carbocycles. The number of imidazole rings is 1. The Morgan fingerprint density at radius 3 is 2.59 bits per heavy atom. The maximum Gasteiger partial charge on any atom is 0.327 e. The number of ether oxygens (including phenoxy) is 1. The lowest BCUT2D eigenvalue weighted by atomic mass is 10.1. The molecule has 2 aromatic carbocycles. The summed E-state index contributed by atoms with van der Waals surface area (Å²) in [4.78, 5) is 19.0. The highest BCUT2D eigenvalue weighted by atomic mass is 16.5. The summed E-state index contributed by atoms with van der Waals surface area (Å²) < 4.78 is 7.37. The zero-order valence-corrected chi connectivity index (χ0v) is 14.6. The predicted molar refractivity (Wildman–Crippen MR) is 103 cm³/mol. The van der Waals surface area contributed by atoms with Gasteiger partial charge in [0, 0.05) is 12.6 Å². The molecular weight excluding hydrogens is 342 g/mol. The second kappa shape index (κ2) is 7.37. The van der Waals surface area contributed by atoms with Crippen molar-refractivity contribution in [2.45, 2.75) is 19.6 Å². The Kier molecular flexibility index (Phi) is 4.61. The quantitative estimate of drug-likeness (QED) is 0.552.